The minimum absolute atomic E-state index is 0.196. The molecule has 0 spiro atoms. The van der Waals surface area contributed by atoms with E-state index in [0.29, 0.717) is 0 Å². The molecule has 0 radical (unpaired) electrons. The van der Waals surface area contributed by atoms with Crippen LogP contribution in [0, 0.1) is 5.92 Å². The van der Waals surface area contributed by atoms with E-state index in [4.69, 9.17) is 14.6 Å². The second-order valence-corrected chi connectivity index (χ2v) is 4.39. The molecule has 16 heavy (non-hydrogen) atoms. The van der Waals surface area contributed by atoms with Crippen LogP contribution in [0.25, 0.3) is 0 Å². The largest absolute Gasteiger partial charge is 0.394 e. The summed E-state index contributed by atoms with van der Waals surface area (Å²) in [4.78, 5) is 0. The monoisotopic (exact) mass is 234 g/mol. The van der Waals surface area contributed by atoms with Crippen molar-refractivity contribution in [2.24, 2.45) is 5.92 Å². The summed E-state index contributed by atoms with van der Waals surface area (Å²) in [6.07, 6.45) is -2.82. The van der Waals surface area contributed by atoms with E-state index in [9.17, 15) is 10.2 Å². The van der Waals surface area contributed by atoms with Crippen molar-refractivity contribution in [3.63, 3.8) is 0 Å². The molecule has 1 saturated heterocycles. The van der Waals surface area contributed by atoms with Crippen molar-refractivity contribution in [2.45, 2.75) is 50.8 Å². The molecule has 0 aromatic carbocycles. The van der Waals surface area contributed by atoms with Gasteiger partial charge in [0.25, 0.3) is 0 Å². The van der Waals surface area contributed by atoms with Crippen molar-refractivity contribution in [3.05, 3.63) is 0 Å². The van der Waals surface area contributed by atoms with Gasteiger partial charge in [0.2, 0.25) is 0 Å². The van der Waals surface area contributed by atoms with Crippen molar-refractivity contribution in [3.8, 4) is 0 Å². The standard InChI is InChI=1S/C11H22O5/c1-4-6(2)10-11(15-3)9(14)8(13)7(5-12)16-10/h6-14H,4-5H2,1-3H3. The molecule has 1 fully saturated rings. The Morgan fingerprint density at radius 2 is 1.94 bits per heavy atom. The Kier molecular flexibility index (Phi) is 5.14. The first-order valence-electron chi connectivity index (χ1n) is 5.72. The van der Waals surface area contributed by atoms with E-state index < -0.39 is 24.4 Å². The number of methoxy groups -OCH3 is 1. The van der Waals surface area contributed by atoms with Crippen LogP contribution in [-0.2, 0) is 9.47 Å². The maximum atomic E-state index is 9.89. The van der Waals surface area contributed by atoms with Gasteiger partial charge in [-0.05, 0) is 5.92 Å². The summed E-state index contributed by atoms with van der Waals surface area (Å²) in [6.45, 7) is 3.71. The zero-order valence-electron chi connectivity index (χ0n) is 10.0. The summed E-state index contributed by atoms with van der Waals surface area (Å²) in [6, 6.07) is 0. The molecule has 5 nitrogen and oxygen atoms in total. The van der Waals surface area contributed by atoms with Gasteiger partial charge < -0.3 is 24.8 Å². The molecule has 1 rings (SSSR count). The van der Waals surface area contributed by atoms with Crippen LogP contribution in [0.5, 0.6) is 0 Å². The Hall–Kier alpha value is -0.200. The molecule has 1 aliphatic heterocycles. The summed E-state index contributed by atoms with van der Waals surface area (Å²) in [5.41, 5.74) is 0. The Labute approximate surface area is 96.0 Å². The van der Waals surface area contributed by atoms with Crippen molar-refractivity contribution in [2.75, 3.05) is 13.7 Å². The lowest BCUT2D eigenvalue weighted by Crippen LogP contribution is -2.60. The normalized spacial score (nSPS) is 42.0. The van der Waals surface area contributed by atoms with E-state index >= 15 is 0 Å². The number of aliphatic hydroxyl groups excluding tert-OH is 3. The van der Waals surface area contributed by atoms with E-state index in [1.165, 1.54) is 7.11 Å². The molecule has 0 aromatic heterocycles. The maximum absolute atomic E-state index is 9.89. The fourth-order valence-electron chi connectivity index (χ4n) is 2.08. The molecule has 6 atom stereocenters. The highest BCUT2D eigenvalue weighted by molar-refractivity contribution is 4.94. The fourth-order valence-corrected chi connectivity index (χ4v) is 2.08. The second-order valence-electron chi connectivity index (χ2n) is 4.39. The number of hydrogen-bond acceptors (Lipinski definition) is 5. The van der Waals surface area contributed by atoms with Crippen molar-refractivity contribution >= 4 is 0 Å². The van der Waals surface area contributed by atoms with Crippen molar-refractivity contribution in [1.82, 2.24) is 0 Å². The maximum Gasteiger partial charge on any atom is 0.112 e. The van der Waals surface area contributed by atoms with Gasteiger partial charge in [-0.25, -0.2) is 0 Å². The Morgan fingerprint density at radius 3 is 2.38 bits per heavy atom. The molecule has 0 bridgehead atoms. The van der Waals surface area contributed by atoms with E-state index in [1.54, 1.807) is 0 Å². The highest BCUT2D eigenvalue weighted by atomic mass is 16.6. The van der Waals surface area contributed by atoms with Gasteiger partial charge in [-0.1, -0.05) is 20.3 Å². The molecular formula is C11H22O5. The van der Waals surface area contributed by atoms with Crippen LogP contribution in [0.15, 0.2) is 0 Å². The minimum atomic E-state index is -1.10. The molecule has 1 aliphatic rings. The summed E-state index contributed by atoms with van der Waals surface area (Å²) in [5, 5.41) is 28.7. The van der Waals surface area contributed by atoms with Gasteiger partial charge in [0.1, 0.15) is 24.4 Å². The van der Waals surface area contributed by atoms with E-state index in [-0.39, 0.29) is 18.6 Å². The van der Waals surface area contributed by atoms with Crippen LogP contribution in [0.4, 0.5) is 0 Å². The van der Waals surface area contributed by atoms with Gasteiger partial charge in [0.05, 0.1) is 12.7 Å². The van der Waals surface area contributed by atoms with Crippen LogP contribution in [0.3, 0.4) is 0 Å². The average molecular weight is 234 g/mol. The molecule has 5 heteroatoms. The van der Waals surface area contributed by atoms with Gasteiger partial charge in [0.15, 0.2) is 0 Å². The van der Waals surface area contributed by atoms with Crippen LogP contribution in [0.1, 0.15) is 20.3 Å². The van der Waals surface area contributed by atoms with E-state index in [1.807, 2.05) is 13.8 Å². The lowest BCUT2D eigenvalue weighted by atomic mass is 9.87. The van der Waals surface area contributed by atoms with Crippen LogP contribution >= 0.6 is 0 Å². The number of ether oxygens (including phenoxy) is 2. The van der Waals surface area contributed by atoms with Crippen LogP contribution in [0.2, 0.25) is 0 Å². The molecule has 0 aromatic rings. The molecule has 1 heterocycles. The first-order valence-corrected chi connectivity index (χ1v) is 5.72. The van der Waals surface area contributed by atoms with E-state index in [0.717, 1.165) is 6.42 Å². The SMILES string of the molecule is CCC(C)C1OC(CO)C(O)C(O)C1OC. The van der Waals surface area contributed by atoms with Crippen LogP contribution < -0.4 is 0 Å². The Morgan fingerprint density at radius 1 is 1.31 bits per heavy atom. The molecule has 6 unspecified atom stereocenters. The summed E-state index contributed by atoms with van der Waals surface area (Å²) in [5.74, 6) is 0.196. The average Bonchev–Trinajstić information content (AvgIpc) is 2.31. The highest BCUT2D eigenvalue weighted by Crippen LogP contribution is 2.28. The highest BCUT2D eigenvalue weighted by Gasteiger charge is 2.45. The number of rotatable bonds is 4. The zero-order chi connectivity index (χ0) is 12.3. The number of hydrogen-bond donors (Lipinski definition) is 3. The van der Waals surface area contributed by atoms with Crippen molar-refractivity contribution in [1.29, 1.82) is 0 Å². The quantitative estimate of drug-likeness (QED) is 0.613. The van der Waals surface area contributed by atoms with Gasteiger partial charge in [0, 0.05) is 7.11 Å². The summed E-state index contributed by atoms with van der Waals surface area (Å²) in [7, 11) is 1.48. The summed E-state index contributed by atoms with van der Waals surface area (Å²) >= 11 is 0. The third-order valence-electron chi connectivity index (χ3n) is 3.38. The zero-order valence-corrected chi connectivity index (χ0v) is 10.0. The first-order chi connectivity index (χ1) is 7.56. The van der Waals surface area contributed by atoms with Gasteiger partial charge in [-0.3, -0.25) is 0 Å². The molecule has 96 valence electrons. The third-order valence-corrected chi connectivity index (χ3v) is 3.38. The molecule has 0 aliphatic carbocycles. The predicted octanol–water partition coefficient (Wildman–Crippen LogP) is -0.471. The van der Waals surface area contributed by atoms with Gasteiger partial charge in [-0.2, -0.15) is 0 Å². The second kappa shape index (κ2) is 5.93. The van der Waals surface area contributed by atoms with Gasteiger partial charge >= 0.3 is 0 Å². The molecular weight excluding hydrogens is 212 g/mol. The Balaban J connectivity index is 2.81. The lowest BCUT2D eigenvalue weighted by Gasteiger charge is -2.43. The predicted molar refractivity (Wildman–Crippen MR) is 58.0 cm³/mol. The fraction of sp³-hybridized carbons (Fsp3) is 1.00. The van der Waals surface area contributed by atoms with Crippen molar-refractivity contribution < 1.29 is 24.8 Å². The third kappa shape index (κ3) is 2.55. The topological polar surface area (TPSA) is 79.2 Å². The van der Waals surface area contributed by atoms with E-state index in [2.05, 4.69) is 0 Å². The minimum Gasteiger partial charge on any atom is -0.394 e. The molecule has 3 N–H and O–H groups in total. The first kappa shape index (κ1) is 13.9. The Bertz CT molecular complexity index is 211. The summed E-state index contributed by atoms with van der Waals surface area (Å²) < 4.78 is 10.8. The smallest absolute Gasteiger partial charge is 0.112 e. The molecule has 0 amide bonds. The van der Waals surface area contributed by atoms with Crippen LogP contribution in [-0.4, -0.2) is 59.6 Å². The lowest BCUT2D eigenvalue weighted by molar-refractivity contribution is -0.246. The van der Waals surface area contributed by atoms with Gasteiger partial charge in [-0.15, -0.1) is 0 Å². The molecule has 0 saturated carbocycles. The number of aliphatic hydroxyl groups is 3.